The molecule has 0 aromatic heterocycles. The largest absolute Gasteiger partial charge is 0.488 e. The number of hydrogen-bond donors (Lipinski definition) is 1. The third-order valence-electron chi connectivity index (χ3n) is 2.52. The molecule has 0 fully saturated rings. The molecule has 0 radical (unpaired) electrons. The van der Waals surface area contributed by atoms with Crippen molar-refractivity contribution in [1.82, 2.24) is 0 Å². The van der Waals surface area contributed by atoms with Crippen molar-refractivity contribution in [2.75, 3.05) is 6.61 Å². The van der Waals surface area contributed by atoms with E-state index in [4.69, 9.17) is 10.5 Å². The first kappa shape index (κ1) is 14.4. The highest BCUT2D eigenvalue weighted by atomic mass is 32.2. The van der Waals surface area contributed by atoms with E-state index in [1.807, 2.05) is 0 Å². The molecule has 2 rings (SSSR count). The first-order chi connectivity index (χ1) is 9.21. The summed E-state index contributed by atoms with van der Waals surface area (Å²) in [6, 6.07) is 3.90. The van der Waals surface area contributed by atoms with Crippen LogP contribution in [0.15, 0.2) is 40.4 Å². The topological polar surface area (TPSA) is 81.8 Å². The second-order valence-corrected chi connectivity index (χ2v) is 5.83. The molecule has 9 heteroatoms. The quantitative estimate of drug-likeness (QED) is 0.921. The molecule has 1 aromatic rings. The van der Waals surface area contributed by atoms with Gasteiger partial charge in [0, 0.05) is 6.20 Å². The Balaban J connectivity index is 2.03. The van der Waals surface area contributed by atoms with Crippen LogP contribution in [-0.2, 0) is 16.0 Å². The van der Waals surface area contributed by atoms with E-state index in [9.17, 15) is 21.6 Å². The first-order valence-electron chi connectivity index (χ1n) is 5.29. The lowest BCUT2D eigenvalue weighted by Crippen LogP contribution is -2.23. The van der Waals surface area contributed by atoms with Gasteiger partial charge in [-0.3, -0.25) is 0 Å². The maximum absolute atomic E-state index is 12.3. The van der Waals surface area contributed by atoms with Crippen LogP contribution < -0.4 is 10.5 Å². The number of nitrogens with two attached hydrogens (primary N) is 1. The van der Waals surface area contributed by atoms with Crippen molar-refractivity contribution in [2.45, 2.75) is 6.18 Å². The van der Waals surface area contributed by atoms with Gasteiger partial charge in [0.2, 0.25) is 15.0 Å². The van der Waals surface area contributed by atoms with Crippen LogP contribution in [-0.4, -0.2) is 20.2 Å². The molecule has 1 heterocycles. The average molecular weight is 306 g/mol. The Morgan fingerprint density at radius 3 is 2.25 bits per heavy atom. The molecule has 20 heavy (non-hydrogen) atoms. The maximum atomic E-state index is 12.3. The van der Waals surface area contributed by atoms with E-state index >= 15 is 0 Å². The second-order valence-electron chi connectivity index (χ2n) is 3.88. The molecule has 0 saturated carbocycles. The normalized spacial score (nSPS) is 17.6. The highest BCUT2D eigenvalue weighted by molar-refractivity contribution is 8.09. The van der Waals surface area contributed by atoms with Gasteiger partial charge in [0.1, 0.15) is 17.3 Å². The van der Waals surface area contributed by atoms with Crippen molar-refractivity contribution in [3.63, 3.8) is 0 Å². The van der Waals surface area contributed by atoms with Gasteiger partial charge in [0.05, 0.1) is 5.56 Å². The van der Waals surface area contributed by atoms with Crippen molar-refractivity contribution in [3.05, 3.63) is 40.9 Å². The van der Waals surface area contributed by atoms with E-state index in [0.717, 1.165) is 30.5 Å². The molecule has 0 aliphatic carbocycles. The van der Waals surface area contributed by atoms with E-state index in [2.05, 4.69) is 4.99 Å². The fourth-order valence-electron chi connectivity index (χ4n) is 1.42. The number of benzene rings is 1. The lowest BCUT2D eigenvalue weighted by Gasteiger charge is -2.09. The number of hydrogen-bond acceptors (Lipinski definition) is 5. The molecule has 0 bridgehead atoms. The zero-order valence-electron chi connectivity index (χ0n) is 9.89. The summed E-state index contributed by atoms with van der Waals surface area (Å²) < 4.78 is 65.2. The second kappa shape index (κ2) is 4.82. The van der Waals surface area contributed by atoms with Gasteiger partial charge in [-0.1, -0.05) is 0 Å². The van der Waals surface area contributed by atoms with Crippen LogP contribution in [0, 0.1) is 0 Å². The van der Waals surface area contributed by atoms with E-state index in [1.54, 1.807) is 0 Å². The molecule has 108 valence electrons. The number of nitrogens with zero attached hydrogens (tertiary/aromatic N) is 1. The zero-order valence-corrected chi connectivity index (χ0v) is 10.7. The SMILES string of the molecule is NC1=NC=C(COc2ccc(C(F)(F)F)cc2)S1(=O)=O. The molecule has 2 N–H and O–H groups in total. The predicted molar refractivity (Wildman–Crippen MR) is 65.6 cm³/mol. The van der Waals surface area contributed by atoms with E-state index in [0.29, 0.717) is 0 Å². The minimum Gasteiger partial charge on any atom is -0.488 e. The highest BCUT2D eigenvalue weighted by Gasteiger charge is 2.30. The number of halogens is 3. The van der Waals surface area contributed by atoms with Crippen molar-refractivity contribution in [2.24, 2.45) is 10.7 Å². The van der Waals surface area contributed by atoms with Gasteiger partial charge in [-0.25, -0.2) is 13.4 Å². The van der Waals surface area contributed by atoms with Crippen LogP contribution in [0.25, 0.3) is 0 Å². The molecule has 0 unspecified atom stereocenters. The van der Waals surface area contributed by atoms with Gasteiger partial charge in [-0.2, -0.15) is 13.2 Å². The summed E-state index contributed by atoms with van der Waals surface area (Å²) >= 11 is 0. The standard InChI is InChI=1S/C11H9F3N2O3S/c12-11(13,14)7-1-3-8(4-2-7)19-6-9-5-16-10(15)20(9,17)18/h1-5H,6H2,(H2,15,16). The minimum absolute atomic E-state index is 0.111. The summed E-state index contributed by atoms with van der Waals surface area (Å²) in [7, 11) is -3.78. The van der Waals surface area contributed by atoms with Gasteiger partial charge in [-0.15, -0.1) is 0 Å². The Kier molecular flexibility index (Phi) is 3.46. The Hall–Kier alpha value is -2.03. The van der Waals surface area contributed by atoms with Crippen LogP contribution in [0.1, 0.15) is 5.56 Å². The Morgan fingerprint density at radius 2 is 1.80 bits per heavy atom. The minimum atomic E-state index is -4.43. The number of aliphatic imine (C=N–C) groups is 1. The third-order valence-corrected chi connectivity index (χ3v) is 4.09. The molecule has 0 amide bonds. The van der Waals surface area contributed by atoms with Crippen LogP contribution in [0.2, 0.25) is 0 Å². The average Bonchev–Trinajstić information content (AvgIpc) is 2.61. The molecule has 0 spiro atoms. The van der Waals surface area contributed by atoms with Crippen molar-refractivity contribution in [1.29, 1.82) is 0 Å². The van der Waals surface area contributed by atoms with Crippen LogP contribution >= 0.6 is 0 Å². The summed E-state index contributed by atoms with van der Waals surface area (Å²) in [5.41, 5.74) is 4.35. The van der Waals surface area contributed by atoms with E-state index < -0.39 is 26.7 Å². The maximum Gasteiger partial charge on any atom is 0.416 e. The van der Waals surface area contributed by atoms with Crippen molar-refractivity contribution in [3.8, 4) is 5.75 Å². The molecule has 0 saturated heterocycles. The molecule has 1 aliphatic rings. The molecular formula is C11H9F3N2O3S. The fourth-order valence-corrected chi connectivity index (χ4v) is 2.28. The molecule has 1 aromatic carbocycles. The summed E-state index contributed by atoms with van der Waals surface area (Å²) in [5.74, 6) is 0.111. The van der Waals surface area contributed by atoms with Crippen LogP contribution in [0.3, 0.4) is 0 Å². The molecule has 1 aliphatic heterocycles. The van der Waals surface area contributed by atoms with Crippen LogP contribution in [0.5, 0.6) is 5.75 Å². The highest BCUT2D eigenvalue weighted by Crippen LogP contribution is 2.30. The van der Waals surface area contributed by atoms with Gasteiger partial charge in [-0.05, 0) is 24.3 Å². The third kappa shape index (κ3) is 2.77. The lowest BCUT2D eigenvalue weighted by atomic mass is 10.2. The lowest BCUT2D eigenvalue weighted by molar-refractivity contribution is -0.137. The number of rotatable bonds is 3. The molecule has 5 nitrogen and oxygen atoms in total. The molecule has 0 atom stereocenters. The number of amidine groups is 1. The van der Waals surface area contributed by atoms with Gasteiger partial charge in [0.15, 0.2) is 0 Å². The van der Waals surface area contributed by atoms with Crippen LogP contribution in [0.4, 0.5) is 13.2 Å². The van der Waals surface area contributed by atoms with Crippen molar-refractivity contribution >= 4 is 15.0 Å². The fraction of sp³-hybridized carbons (Fsp3) is 0.182. The number of alkyl halides is 3. The summed E-state index contributed by atoms with van der Waals surface area (Å²) in [5, 5.41) is -0.525. The number of sulfone groups is 1. The molecular weight excluding hydrogens is 297 g/mol. The smallest absolute Gasteiger partial charge is 0.416 e. The number of ether oxygens (including phenoxy) is 1. The Morgan fingerprint density at radius 1 is 1.20 bits per heavy atom. The zero-order chi connectivity index (χ0) is 15.0. The predicted octanol–water partition coefficient (Wildman–Crippen LogP) is 1.67. The summed E-state index contributed by atoms with van der Waals surface area (Å²) in [6.07, 6.45) is -3.38. The van der Waals surface area contributed by atoms with Gasteiger partial charge >= 0.3 is 6.18 Å². The Labute approximate surface area is 112 Å². The summed E-state index contributed by atoms with van der Waals surface area (Å²) in [6.45, 7) is -0.349. The van der Waals surface area contributed by atoms with Gasteiger partial charge < -0.3 is 10.5 Å². The van der Waals surface area contributed by atoms with E-state index in [-0.39, 0.29) is 17.3 Å². The monoisotopic (exact) mass is 306 g/mol. The van der Waals surface area contributed by atoms with E-state index in [1.165, 1.54) is 0 Å². The first-order valence-corrected chi connectivity index (χ1v) is 6.77. The summed E-state index contributed by atoms with van der Waals surface area (Å²) in [4.78, 5) is 3.30. The van der Waals surface area contributed by atoms with Crippen molar-refractivity contribution < 1.29 is 26.3 Å². The van der Waals surface area contributed by atoms with Gasteiger partial charge in [0.25, 0.3) is 0 Å². The Bertz CT molecular complexity index is 676.